The molecule has 0 radical (unpaired) electrons. The van der Waals surface area contributed by atoms with Gasteiger partial charge in [-0.1, -0.05) is 30.3 Å². The van der Waals surface area contributed by atoms with Crippen LogP contribution in [-0.2, 0) is 11.3 Å². The Morgan fingerprint density at radius 1 is 0.861 bits per heavy atom. The number of carbonyl (C=O) groups is 2. The molecular weight excluding hydrogens is 456 g/mol. The summed E-state index contributed by atoms with van der Waals surface area (Å²) in [5, 5.41) is 0. The minimum Gasteiger partial charge on any atom is -0.497 e. The molecule has 3 aromatic rings. The summed E-state index contributed by atoms with van der Waals surface area (Å²) < 4.78 is 16.3. The number of ether oxygens (including phenoxy) is 3. The molecule has 1 aliphatic heterocycles. The number of hydrogen-bond donors (Lipinski definition) is 0. The van der Waals surface area contributed by atoms with E-state index >= 15 is 0 Å². The third-order valence-electron chi connectivity index (χ3n) is 6.74. The van der Waals surface area contributed by atoms with Gasteiger partial charge in [0.15, 0.2) is 0 Å². The normalized spacial score (nSPS) is 16.9. The van der Waals surface area contributed by atoms with Crippen molar-refractivity contribution in [3.8, 4) is 17.2 Å². The number of carbonyl (C=O) groups excluding carboxylic acids is 2. The van der Waals surface area contributed by atoms with E-state index in [0.29, 0.717) is 42.4 Å². The van der Waals surface area contributed by atoms with Crippen LogP contribution < -0.4 is 14.2 Å². The second-order valence-corrected chi connectivity index (χ2v) is 8.94. The second kappa shape index (κ2) is 11.2. The van der Waals surface area contributed by atoms with E-state index in [4.69, 9.17) is 14.2 Å². The molecule has 1 saturated heterocycles. The molecule has 1 heterocycles. The van der Waals surface area contributed by atoms with E-state index in [-0.39, 0.29) is 17.7 Å². The van der Waals surface area contributed by atoms with Gasteiger partial charge in [-0.25, -0.2) is 0 Å². The van der Waals surface area contributed by atoms with Crippen LogP contribution in [-0.4, -0.2) is 63.1 Å². The van der Waals surface area contributed by atoms with Crippen molar-refractivity contribution in [3.63, 3.8) is 0 Å². The zero-order chi connectivity index (χ0) is 25.7. The molecular formula is C29H32N2O5. The molecule has 1 aliphatic rings. The zero-order valence-corrected chi connectivity index (χ0v) is 21.1. The van der Waals surface area contributed by atoms with E-state index in [1.54, 1.807) is 55.4 Å². The van der Waals surface area contributed by atoms with Crippen molar-refractivity contribution in [3.05, 3.63) is 89.5 Å². The third kappa shape index (κ3) is 5.30. The number of benzene rings is 3. The first kappa shape index (κ1) is 25.1. The van der Waals surface area contributed by atoms with E-state index in [0.717, 1.165) is 11.1 Å². The van der Waals surface area contributed by atoms with E-state index in [2.05, 4.69) is 0 Å². The molecule has 3 aromatic carbocycles. The molecule has 4 rings (SSSR count). The van der Waals surface area contributed by atoms with Crippen LogP contribution in [0.1, 0.15) is 27.4 Å². The van der Waals surface area contributed by atoms with Crippen LogP contribution in [0.25, 0.3) is 0 Å². The van der Waals surface area contributed by atoms with Crippen molar-refractivity contribution in [2.45, 2.75) is 12.5 Å². The molecule has 188 valence electrons. The van der Waals surface area contributed by atoms with Crippen molar-refractivity contribution in [1.82, 2.24) is 9.80 Å². The Bertz CT molecular complexity index is 1200. The lowest BCUT2D eigenvalue weighted by Gasteiger charge is -2.25. The summed E-state index contributed by atoms with van der Waals surface area (Å²) in [5.41, 5.74) is 2.46. The standard InChI is InChI=1S/C29H32N2O5/c1-30(17-20-8-6-5-7-9-20)29(33)26-19-31(28(32)21-10-12-22(34-2)13-11-21)18-25(26)24-16-23(35-3)14-15-27(24)36-4/h5-16,25-26H,17-19H2,1-4H3/t25-,26+/m0/s1. The first-order chi connectivity index (χ1) is 17.4. The van der Waals surface area contributed by atoms with Gasteiger partial charge in [0, 0.05) is 43.7 Å². The molecule has 0 aromatic heterocycles. The van der Waals surface area contributed by atoms with Crippen LogP contribution in [0.5, 0.6) is 17.2 Å². The maximum absolute atomic E-state index is 13.8. The topological polar surface area (TPSA) is 68.3 Å². The van der Waals surface area contributed by atoms with Gasteiger partial charge in [0.25, 0.3) is 5.91 Å². The molecule has 2 atom stereocenters. The Hall–Kier alpha value is -4.00. The summed E-state index contributed by atoms with van der Waals surface area (Å²) in [7, 11) is 6.61. The number of hydrogen-bond acceptors (Lipinski definition) is 5. The third-order valence-corrected chi connectivity index (χ3v) is 6.74. The molecule has 7 nitrogen and oxygen atoms in total. The van der Waals surface area contributed by atoms with Gasteiger partial charge in [-0.3, -0.25) is 9.59 Å². The predicted octanol–water partition coefficient (Wildman–Crippen LogP) is 4.23. The summed E-state index contributed by atoms with van der Waals surface area (Å²) in [5.74, 6) is 1.22. The van der Waals surface area contributed by atoms with Crippen molar-refractivity contribution in [2.75, 3.05) is 41.5 Å². The molecule has 1 fully saturated rings. The van der Waals surface area contributed by atoms with Crippen LogP contribution in [0.4, 0.5) is 0 Å². The predicted molar refractivity (Wildman–Crippen MR) is 138 cm³/mol. The summed E-state index contributed by atoms with van der Waals surface area (Å²) >= 11 is 0. The number of nitrogens with zero attached hydrogens (tertiary/aromatic N) is 2. The van der Waals surface area contributed by atoms with Crippen LogP contribution in [0, 0.1) is 5.92 Å². The van der Waals surface area contributed by atoms with Gasteiger partial charge in [-0.05, 0) is 48.0 Å². The quantitative estimate of drug-likeness (QED) is 0.475. The molecule has 0 N–H and O–H groups in total. The fourth-order valence-electron chi connectivity index (χ4n) is 4.80. The Kier molecular flexibility index (Phi) is 7.78. The Balaban J connectivity index is 1.65. The van der Waals surface area contributed by atoms with Crippen LogP contribution >= 0.6 is 0 Å². The number of rotatable bonds is 8. The van der Waals surface area contributed by atoms with Crippen LogP contribution in [0.15, 0.2) is 72.8 Å². The lowest BCUT2D eigenvalue weighted by molar-refractivity contribution is -0.134. The van der Waals surface area contributed by atoms with Crippen molar-refractivity contribution in [2.24, 2.45) is 5.92 Å². The highest BCUT2D eigenvalue weighted by Gasteiger charge is 2.43. The lowest BCUT2D eigenvalue weighted by atomic mass is 9.87. The fraction of sp³-hybridized carbons (Fsp3) is 0.310. The molecule has 0 aliphatic carbocycles. The molecule has 36 heavy (non-hydrogen) atoms. The van der Waals surface area contributed by atoms with E-state index in [9.17, 15) is 9.59 Å². The Morgan fingerprint density at radius 3 is 2.17 bits per heavy atom. The van der Waals surface area contributed by atoms with E-state index in [1.807, 2.05) is 55.6 Å². The van der Waals surface area contributed by atoms with Gasteiger partial charge in [-0.2, -0.15) is 0 Å². The Morgan fingerprint density at radius 2 is 1.53 bits per heavy atom. The smallest absolute Gasteiger partial charge is 0.253 e. The average Bonchev–Trinajstić information content (AvgIpc) is 3.37. The van der Waals surface area contributed by atoms with Crippen LogP contribution in [0.2, 0.25) is 0 Å². The fourth-order valence-corrected chi connectivity index (χ4v) is 4.80. The summed E-state index contributed by atoms with van der Waals surface area (Å²) in [6.07, 6.45) is 0. The summed E-state index contributed by atoms with van der Waals surface area (Å²) in [6, 6.07) is 22.5. The van der Waals surface area contributed by atoms with Gasteiger partial charge in [0.1, 0.15) is 17.2 Å². The summed E-state index contributed by atoms with van der Waals surface area (Å²) in [6.45, 7) is 1.20. The highest BCUT2D eigenvalue weighted by molar-refractivity contribution is 5.95. The van der Waals surface area contributed by atoms with Gasteiger partial charge in [0.05, 0.1) is 27.2 Å². The number of amides is 2. The lowest BCUT2D eigenvalue weighted by Crippen LogP contribution is -2.36. The molecule has 0 spiro atoms. The van der Waals surface area contributed by atoms with E-state index in [1.165, 1.54) is 0 Å². The molecule has 0 saturated carbocycles. The van der Waals surface area contributed by atoms with Gasteiger partial charge in [-0.15, -0.1) is 0 Å². The first-order valence-corrected chi connectivity index (χ1v) is 11.9. The van der Waals surface area contributed by atoms with E-state index < -0.39 is 5.92 Å². The number of methoxy groups -OCH3 is 3. The molecule has 0 bridgehead atoms. The molecule has 2 amide bonds. The highest BCUT2D eigenvalue weighted by atomic mass is 16.5. The van der Waals surface area contributed by atoms with Crippen molar-refractivity contribution in [1.29, 1.82) is 0 Å². The summed E-state index contributed by atoms with van der Waals surface area (Å²) in [4.78, 5) is 30.7. The van der Waals surface area contributed by atoms with Crippen molar-refractivity contribution < 1.29 is 23.8 Å². The monoisotopic (exact) mass is 488 g/mol. The highest BCUT2D eigenvalue weighted by Crippen LogP contribution is 2.40. The maximum Gasteiger partial charge on any atom is 0.253 e. The molecule has 7 heteroatoms. The minimum absolute atomic E-state index is 0.0150. The SMILES string of the molecule is COc1ccc(C(=O)N2C[C@@H](C(=O)N(C)Cc3ccccc3)[C@H](c3cc(OC)ccc3OC)C2)cc1. The maximum atomic E-state index is 13.8. The average molecular weight is 489 g/mol. The Labute approximate surface area is 212 Å². The van der Waals surface area contributed by atoms with Crippen molar-refractivity contribution >= 4 is 11.8 Å². The minimum atomic E-state index is -0.429. The molecule has 0 unspecified atom stereocenters. The first-order valence-electron chi connectivity index (χ1n) is 11.9. The second-order valence-electron chi connectivity index (χ2n) is 8.94. The number of likely N-dealkylation sites (tertiary alicyclic amines) is 1. The van der Waals surface area contributed by atoms with Gasteiger partial charge < -0.3 is 24.0 Å². The van der Waals surface area contributed by atoms with Gasteiger partial charge in [0.2, 0.25) is 5.91 Å². The van der Waals surface area contributed by atoms with Crippen LogP contribution in [0.3, 0.4) is 0 Å². The zero-order valence-electron chi connectivity index (χ0n) is 21.1. The van der Waals surface area contributed by atoms with Gasteiger partial charge >= 0.3 is 0 Å². The largest absolute Gasteiger partial charge is 0.497 e.